The lowest BCUT2D eigenvalue weighted by Gasteiger charge is -2.14. The zero-order valence-corrected chi connectivity index (χ0v) is 11.8. The highest BCUT2D eigenvalue weighted by Crippen LogP contribution is 2.18. The molecule has 1 rings (SSSR count). The van der Waals surface area contributed by atoms with Gasteiger partial charge < -0.3 is 11.1 Å². The van der Waals surface area contributed by atoms with Crippen molar-refractivity contribution in [3.8, 4) is 0 Å². The van der Waals surface area contributed by atoms with Crippen molar-refractivity contribution in [3.63, 3.8) is 0 Å². The quantitative estimate of drug-likeness (QED) is 0.815. The third-order valence-corrected chi connectivity index (χ3v) is 2.54. The van der Waals surface area contributed by atoms with Crippen LogP contribution in [0.2, 0.25) is 0 Å². The van der Waals surface area contributed by atoms with Crippen LogP contribution in [0.5, 0.6) is 0 Å². The van der Waals surface area contributed by atoms with E-state index in [-0.39, 0.29) is 24.3 Å². The molecule has 0 fully saturated rings. The Morgan fingerprint density at radius 2 is 2.12 bits per heavy atom. The average Bonchev–Trinajstić information content (AvgIpc) is 2.14. The van der Waals surface area contributed by atoms with Crippen LogP contribution in [-0.2, 0) is 4.79 Å². The van der Waals surface area contributed by atoms with Gasteiger partial charge in [-0.15, -0.1) is 0 Å². The molecule has 17 heavy (non-hydrogen) atoms. The molecule has 6 heteroatoms. The molecule has 0 aliphatic rings. The largest absolute Gasteiger partial charge is 0.370 e. The lowest BCUT2D eigenvalue weighted by molar-refractivity contribution is -0.118. The van der Waals surface area contributed by atoms with Crippen LogP contribution in [0.4, 0.5) is 5.82 Å². The highest BCUT2D eigenvalue weighted by Gasteiger charge is 2.10. The maximum atomic E-state index is 10.8. The van der Waals surface area contributed by atoms with Gasteiger partial charge >= 0.3 is 0 Å². The standard InChI is InChI=1S/C11H17BrN4O/c1-6(2)11-15-8(12)5-10(16-11)14-7(3)4-9(13)17/h5-7H,4H2,1-3H3,(H2,13,17)(H,14,15,16). The minimum Gasteiger partial charge on any atom is -0.370 e. The first-order chi connectivity index (χ1) is 7.88. The van der Waals surface area contributed by atoms with Gasteiger partial charge in [0.05, 0.1) is 0 Å². The molecule has 94 valence electrons. The van der Waals surface area contributed by atoms with E-state index >= 15 is 0 Å². The Balaban J connectivity index is 2.80. The van der Waals surface area contributed by atoms with Crippen LogP contribution >= 0.6 is 15.9 Å². The number of nitrogens with two attached hydrogens (primary N) is 1. The number of nitrogens with zero attached hydrogens (tertiary/aromatic N) is 2. The van der Waals surface area contributed by atoms with Gasteiger partial charge in [-0.2, -0.15) is 0 Å². The van der Waals surface area contributed by atoms with Gasteiger partial charge in [-0.05, 0) is 22.9 Å². The van der Waals surface area contributed by atoms with E-state index in [4.69, 9.17) is 5.73 Å². The van der Waals surface area contributed by atoms with Gasteiger partial charge in [0.1, 0.15) is 16.2 Å². The van der Waals surface area contributed by atoms with Crippen molar-refractivity contribution >= 4 is 27.7 Å². The highest BCUT2D eigenvalue weighted by molar-refractivity contribution is 9.10. The number of nitrogens with one attached hydrogen (secondary N) is 1. The fraction of sp³-hybridized carbons (Fsp3) is 0.545. The number of hydrogen-bond donors (Lipinski definition) is 2. The maximum absolute atomic E-state index is 10.8. The minimum absolute atomic E-state index is 0.0469. The number of carbonyl (C=O) groups excluding carboxylic acids is 1. The van der Waals surface area contributed by atoms with E-state index in [9.17, 15) is 4.79 Å². The van der Waals surface area contributed by atoms with Crippen LogP contribution in [0.15, 0.2) is 10.7 Å². The van der Waals surface area contributed by atoms with Crippen molar-refractivity contribution in [2.24, 2.45) is 5.73 Å². The van der Waals surface area contributed by atoms with Crippen molar-refractivity contribution in [2.45, 2.75) is 39.2 Å². The number of rotatable bonds is 5. The topological polar surface area (TPSA) is 80.9 Å². The summed E-state index contributed by atoms with van der Waals surface area (Å²) in [6.07, 6.45) is 0.276. The molecule has 0 bridgehead atoms. The Morgan fingerprint density at radius 1 is 1.47 bits per heavy atom. The monoisotopic (exact) mass is 300 g/mol. The molecule has 0 saturated heterocycles. The first kappa shape index (κ1) is 13.9. The molecule has 3 N–H and O–H groups in total. The van der Waals surface area contributed by atoms with Crippen molar-refractivity contribution in [3.05, 3.63) is 16.5 Å². The second kappa shape index (κ2) is 5.95. The molecule has 0 radical (unpaired) electrons. The van der Waals surface area contributed by atoms with Crippen molar-refractivity contribution in [2.75, 3.05) is 5.32 Å². The predicted molar refractivity (Wildman–Crippen MR) is 70.7 cm³/mol. The first-order valence-corrected chi connectivity index (χ1v) is 6.27. The van der Waals surface area contributed by atoms with Gasteiger partial charge in [0, 0.05) is 24.4 Å². The molecule has 1 amide bonds. The summed E-state index contributed by atoms with van der Waals surface area (Å²) >= 11 is 3.34. The number of hydrogen-bond acceptors (Lipinski definition) is 4. The number of carbonyl (C=O) groups is 1. The van der Waals surface area contributed by atoms with E-state index in [1.807, 2.05) is 20.8 Å². The van der Waals surface area contributed by atoms with Gasteiger partial charge in [-0.25, -0.2) is 9.97 Å². The Hall–Kier alpha value is -1.17. The molecular formula is C11H17BrN4O. The molecule has 0 aliphatic heterocycles. The average molecular weight is 301 g/mol. The summed E-state index contributed by atoms with van der Waals surface area (Å²) in [6.45, 7) is 5.94. The van der Waals surface area contributed by atoms with Crippen molar-refractivity contribution in [1.29, 1.82) is 0 Å². The minimum atomic E-state index is -0.331. The molecule has 1 unspecified atom stereocenters. The Morgan fingerprint density at radius 3 is 2.65 bits per heavy atom. The summed E-state index contributed by atoms with van der Waals surface area (Å²) in [5.74, 6) is 1.37. The molecule has 1 heterocycles. The first-order valence-electron chi connectivity index (χ1n) is 5.47. The number of amides is 1. The zero-order chi connectivity index (χ0) is 13.0. The molecule has 0 aromatic carbocycles. The molecule has 1 aromatic rings. The molecule has 0 spiro atoms. The highest BCUT2D eigenvalue weighted by atomic mass is 79.9. The molecule has 0 aliphatic carbocycles. The van der Waals surface area contributed by atoms with Crippen molar-refractivity contribution in [1.82, 2.24) is 9.97 Å². The SMILES string of the molecule is CC(CC(N)=O)Nc1cc(Br)nc(C(C)C)n1. The summed E-state index contributed by atoms with van der Waals surface area (Å²) in [4.78, 5) is 19.4. The summed E-state index contributed by atoms with van der Waals surface area (Å²) in [5.41, 5.74) is 5.13. The van der Waals surface area contributed by atoms with E-state index in [1.165, 1.54) is 0 Å². The van der Waals surface area contributed by atoms with E-state index in [2.05, 4.69) is 31.2 Å². The van der Waals surface area contributed by atoms with Gasteiger partial charge in [0.15, 0.2) is 0 Å². The molecule has 0 saturated carbocycles. The van der Waals surface area contributed by atoms with Crippen molar-refractivity contribution < 1.29 is 4.79 Å². The number of anilines is 1. The summed E-state index contributed by atoms with van der Waals surface area (Å²) in [7, 11) is 0. The Bertz CT molecular complexity index is 408. The number of primary amides is 1. The number of halogens is 1. The third kappa shape index (κ3) is 4.68. The smallest absolute Gasteiger partial charge is 0.219 e. The van der Waals surface area contributed by atoms with Crippen LogP contribution in [0.1, 0.15) is 38.9 Å². The van der Waals surface area contributed by atoms with Gasteiger partial charge in [0.25, 0.3) is 0 Å². The van der Waals surface area contributed by atoms with Crippen LogP contribution < -0.4 is 11.1 Å². The second-order valence-electron chi connectivity index (χ2n) is 4.30. The third-order valence-electron chi connectivity index (χ3n) is 2.13. The number of aromatic nitrogens is 2. The van der Waals surface area contributed by atoms with Crippen LogP contribution in [0, 0.1) is 0 Å². The molecular weight excluding hydrogens is 284 g/mol. The summed E-state index contributed by atoms with van der Waals surface area (Å²) in [6, 6.07) is 1.73. The van der Waals surface area contributed by atoms with E-state index < -0.39 is 0 Å². The van der Waals surface area contributed by atoms with Crippen LogP contribution in [0.25, 0.3) is 0 Å². The fourth-order valence-electron chi connectivity index (χ4n) is 1.37. The predicted octanol–water partition coefficient (Wildman–Crippen LogP) is 2.04. The Labute approximate surface area is 109 Å². The molecule has 1 aromatic heterocycles. The van der Waals surface area contributed by atoms with Gasteiger partial charge in [-0.1, -0.05) is 13.8 Å². The normalized spacial score (nSPS) is 12.5. The lowest BCUT2D eigenvalue weighted by Crippen LogP contribution is -2.24. The summed E-state index contributed by atoms with van der Waals surface area (Å²) < 4.78 is 0.727. The second-order valence-corrected chi connectivity index (χ2v) is 5.12. The maximum Gasteiger partial charge on any atom is 0.219 e. The van der Waals surface area contributed by atoms with E-state index in [1.54, 1.807) is 6.07 Å². The lowest BCUT2D eigenvalue weighted by atomic mass is 10.2. The summed E-state index contributed by atoms with van der Waals surface area (Å²) in [5, 5.41) is 3.13. The zero-order valence-electron chi connectivity index (χ0n) is 10.2. The van der Waals surface area contributed by atoms with E-state index in [0.29, 0.717) is 5.82 Å². The van der Waals surface area contributed by atoms with Gasteiger partial charge in [0.2, 0.25) is 5.91 Å². The van der Waals surface area contributed by atoms with Crippen LogP contribution in [-0.4, -0.2) is 21.9 Å². The fourth-order valence-corrected chi connectivity index (χ4v) is 1.77. The Kier molecular flexibility index (Phi) is 4.86. The molecule has 1 atom stereocenters. The molecule has 5 nitrogen and oxygen atoms in total. The van der Waals surface area contributed by atoms with E-state index in [0.717, 1.165) is 10.4 Å². The van der Waals surface area contributed by atoms with Gasteiger partial charge in [-0.3, -0.25) is 4.79 Å². The van der Waals surface area contributed by atoms with Crippen LogP contribution in [0.3, 0.4) is 0 Å².